The Balaban J connectivity index is 1.60. The molecule has 28 heavy (non-hydrogen) atoms. The summed E-state index contributed by atoms with van der Waals surface area (Å²) in [6, 6.07) is 11.6. The third-order valence-corrected chi connectivity index (χ3v) is 4.87. The molecular weight excluding hydrogens is 362 g/mol. The molecule has 2 N–H and O–H groups in total. The van der Waals surface area contributed by atoms with Gasteiger partial charge < -0.3 is 20.3 Å². The zero-order chi connectivity index (χ0) is 19.9. The van der Waals surface area contributed by atoms with Crippen LogP contribution in [0.25, 0.3) is 0 Å². The minimum Gasteiger partial charge on any atom is -0.495 e. The fourth-order valence-electron chi connectivity index (χ4n) is 3.45. The number of ether oxygens (including phenoxy) is 1. The lowest BCUT2D eigenvalue weighted by atomic mass is 10.0. The van der Waals surface area contributed by atoms with Crippen molar-refractivity contribution in [3.05, 3.63) is 59.7 Å². The highest BCUT2D eigenvalue weighted by Crippen LogP contribution is 2.29. The zero-order valence-electron chi connectivity index (χ0n) is 16.2. The van der Waals surface area contributed by atoms with Crippen LogP contribution in [0.5, 0.6) is 5.75 Å². The normalized spacial score (nSPS) is 17.4. The molecule has 1 aliphatic heterocycles. The third-order valence-electron chi connectivity index (χ3n) is 4.87. The molecule has 1 heterocycles. The van der Waals surface area contributed by atoms with Crippen LogP contribution in [-0.2, 0) is 6.54 Å². The van der Waals surface area contributed by atoms with Crippen molar-refractivity contribution in [2.24, 2.45) is 4.99 Å². The SMILES string of the molecule is CN=C(NCc1cc(F)ccc1F)NC1CCCN(c2ccccc2OC)C1. The molecular formula is C21H26F2N4O. The second kappa shape index (κ2) is 9.39. The molecule has 0 aromatic heterocycles. The Kier molecular flexibility index (Phi) is 6.68. The molecule has 1 fully saturated rings. The number of aliphatic imine (C=N–C) groups is 1. The molecule has 1 atom stereocenters. The van der Waals surface area contributed by atoms with E-state index in [9.17, 15) is 8.78 Å². The van der Waals surface area contributed by atoms with Gasteiger partial charge in [-0.3, -0.25) is 4.99 Å². The summed E-state index contributed by atoms with van der Waals surface area (Å²) in [5.74, 6) is 0.521. The average molecular weight is 388 g/mol. The molecule has 5 nitrogen and oxygen atoms in total. The van der Waals surface area contributed by atoms with Crippen LogP contribution in [0.2, 0.25) is 0 Å². The van der Waals surface area contributed by atoms with Crippen molar-refractivity contribution in [1.29, 1.82) is 0 Å². The van der Waals surface area contributed by atoms with E-state index in [1.54, 1.807) is 14.2 Å². The molecule has 1 unspecified atom stereocenters. The summed E-state index contributed by atoms with van der Waals surface area (Å²) in [6.07, 6.45) is 2.03. The number of rotatable bonds is 5. The molecule has 0 saturated carbocycles. The first-order valence-corrected chi connectivity index (χ1v) is 9.39. The lowest BCUT2D eigenvalue weighted by molar-refractivity contribution is 0.408. The van der Waals surface area contributed by atoms with Crippen molar-refractivity contribution in [1.82, 2.24) is 10.6 Å². The summed E-state index contributed by atoms with van der Waals surface area (Å²) >= 11 is 0. The van der Waals surface area contributed by atoms with E-state index in [1.807, 2.05) is 18.2 Å². The van der Waals surface area contributed by atoms with Crippen LogP contribution >= 0.6 is 0 Å². The molecule has 150 valence electrons. The van der Waals surface area contributed by atoms with Crippen LogP contribution in [0.1, 0.15) is 18.4 Å². The summed E-state index contributed by atoms with van der Waals surface area (Å²) in [4.78, 5) is 6.51. The highest BCUT2D eigenvalue weighted by Gasteiger charge is 2.22. The predicted molar refractivity (Wildman–Crippen MR) is 108 cm³/mol. The number of nitrogens with zero attached hydrogens (tertiary/aromatic N) is 2. The van der Waals surface area contributed by atoms with Gasteiger partial charge in [0.05, 0.1) is 12.8 Å². The van der Waals surface area contributed by atoms with E-state index >= 15 is 0 Å². The van der Waals surface area contributed by atoms with Crippen LogP contribution in [0, 0.1) is 11.6 Å². The lowest BCUT2D eigenvalue weighted by Crippen LogP contribution is -2.51. The Morgan fingerprint density at radius 1 is 1.25 bits per heavy atom. The first-order chi connectivity index (χ1) is 13.6. The summed E-state index contributed by atoms with van der Waals surface area (Å²) in [7, 11) is 3.34. The van der Waals surface area contributed by atoms with Crippen molar-refractivity contribution in [2.75, 3.05) is 32.1 Å². The Labute approximate surface area is 164 Å². The number of para-hydroxylation sites is 2. The summed E-state index contributed by atoms with van der Waals surface area (Å²) in [5, 5.41) is 6.45. The van der Waals surface area contributed by atoms with E-state index in [1.165, 1.54) is 6.07 Å². The number of piperidine rings is 1. The maximum Gasteiger partial charge on any atom is 0.191 e. The van der Waals surface area contributed by atoms with Crippen LogP contribution in [-0.4, -0.2) is 39.2 Å². The number of hydrogen-bond donors (Lipinski definition) is 2. The van der Waals surface area contributed by atoms with Gasteiger partial charge in [-0.25, -0.2) is 8.78 Å². The molecule has 0 spiro atoms. The van der Waals surface area contributed by atoms with E-state index in [4.69, 9.17) is 4.74 Å². The summed E-state index contributed by atoms with van der Waals surface area (Å²) < 4.78 is 32.6. The van der Waals surface area contributed by atoms with Crippen LogP contribution < -0.4 is 20.3 Å². The Morgan fingerprint density at radius 2 is 2.07 bits per heavy atom. The van der Waals surface area contributed by atoms with Crippen LogP contribution in [0.15, 0.2) is 47.5 Å². The highest BCUT2D eigenvalue weighted by molar-refractivity contribution is 5.80. The third kappa shape index (κ3) is 4.91. The maximum atomic E-state index is 13.8. The molecule has 0 aliphatic carbocycles. The topological polar surface area (TPSA) is 48.9 Å². The van der Waals surface area contributed by atoms with Gasteiger partial charge in [-0.2, -0.15) is 0 Å². The summed E-state index contributed by atoms with van der Waals surface area (Å²) in [5.41, 5.74) is 1.34. The second-order valence-electron chi connectivity index (χ2n) is 6.76. The molecule has 2 aromatic rings. The monoisotopic (exact) mass is 388 g/mol. The number of benzene rings is 2. The predicted octanol–water partition coefficient (Wildman–Crippen LogP) is 3.31. The van der Waals surface area contributed by atoms with E-state index < -0.39 is 11.6 Å². The van der Waals surface area contributed by atoms with E-state index in [-0.39, 0.29) is 18.2 Å². The van der Waals surface area contributed by atoms with E-state index in [0.717, 1.165) is 49.5 Å². The maximum absolute atomic E-state index is 13.8. The molecule has 2 aromatic carbocycles. The molecule has 1 aliphatic rings. The second-order valence-corrected chi connectivity index (χ2v) is 6.76. The molecule has 7 heteroatoms. The number of halogens is 2. The van der Waals surface area contributed by atoms with Crippen molar-refractivity contribution < 1.29 is 13.5 Å². The van der Waals surface area contributed by atoms with Crippen molar-refractivity contribution in [2.45, 2.75) is 25.4 Å². The minimum atomic E-state index is -0.458. The van der Waals surface area contributed by atoms with Gasteiger partial charge in [-0.15, -0.1) is 0 Å². The standard InChI is InChI=1S/C21H26F2N4O/c1-24-21(25-13-15-12-16(22)9-10-18(15)23)26-17-6-5-11-27(14-17)19-7-3-4-8-20(19)28-2/h3-4,7-10,12,17H,5-6,11,13-14H2,1-2H3,(H2,24,25,26). The van der Waals surface area contributed by atoms with Gasteiger partial charge in [0.15, 0.2) is 5.96 Å². The van der Waals surface area contributed by atoms with Crippen molar-refractivity contribution >= 4 is 11.6 Å². The first-order valence-electron chi connectivity index (χ1n) is 9.39. The van der Waals surface area contributed by atoms with Crippen LogP contribution in [0.4, 0.5) is 14.5 Å². The number of anilines is 1. The molecule has 1 saturated heterocycles. The quantitative estimate of drug-likeness (QED) is 0.610. The van der Waals surface area contributed by atoms with Gasteiger partial charge in [0.25, 0.3) is 0 Å². The molecule has 3 rings (SSSR count). The molecule has 0 amide bonds. The average Bonchev–Trinajstić information content (AvgIpc) is 2.73. The Hall–Kier alpha value is -2.83. The van der Waals surface area contributed by atoms with Crippen molar-refractivity contribution in [3.8, 4) is 5.75 Å². The fraction of sp³-hybridized carbons (Fsp3) is 0.381. The number of hydrogen-bond acceptors (Lipinski definition) is 3. The van der Waals surface area contributed by atoms with Gasteiger partial charge in [0.1, 0.15) is 17.4 Å². The van der Waals surface area contributed by atoms with Gasteiger partial charge in [-0.05, 0) is 43.2 Å². The largest absolute Gasteiger partial charge is 0.495 e. The fourth-order valence-corrected chi connectivity index (χ4v) is 3.45. The summed E-state index contributed by atoms with van der Waals surface area (Å²) in [6.45, 7) is 1.92. The van der Waals surface area contributed by atoms with Gasteiger partial charge in [-0.1, -0.05) is 12.1 Å². The van der Waals surface area contributed by atoms with E-state index in [2.05, 4.69) is 26.6 Å². The minimum absolute atomic E-state index is 0.159. The first kappa shape index (κ1) is 19.9. The van der Waals surface area contributed by atoms with Gasteiger partial charge >= 0.3 is 0 Å². The van der Waals surface area contributed by atoms with Gasteiger partial charge in [0, 0.05) is 38.3 Å². The molecule has 0 bridgehead atoms. The van der Waals surface area contributed by atoms with Crippen LogP contribution in [0.3, 0.4) is 0 Å². The highest BCUT2D eigenvalue weighted by atomic mass is 19.1. The zero-order valence-corrected chi connectivity index (χ0v) is 16.2. The van der Waals surface area contributed by atoms with Crippen molar-refractivity contribution in [3.63, 3.8) is 0 Å². The van der Waals surface area contributed by atoms with E-state index in [0.29, 0.717) is 5.96 Å². The number of nitrogens with one attached hydrogen (secondary N) is 2. The number of guanidine groups is 1. The smallest absolute Gasteiger partial charge is 0.191 e. The number of methoxy groups -OCH3 is 1. The molecule has 0 radical (unpaired) electrons. The lowest BCUT2D eigenvalue weighted by Gasteiger charge is -2.36. The Morgan fingerprint density at radius 3 is 2.86 bits per heavy atom. The van der Waals surface area contributed by atoms with Gasteiger partial charge in [0.2, 0.25) is 0 Å². The Bertz CT molecular complexity index is 828.